The van der Waals surface area contributed by atoms with Crippen molar-refractivity contribution in [2.24, 2.45) is 7.05 Å². The third kappa shape index (κ3) is 3.55. The van der Waals surface area contributed by atoms with Gasteiger partial charge in [0.25, 0.3) is 0 Å². The molecule has 2 heterocycles. The number of carbonyl (C=O) groups is 1. The zero-order valence-electron chi connectivity index (χ0n) is 14.7. The van der Waals surface area contributed by atoms with E-state index in [-0.39, 0.29) is 11.6 Å². The maximum Gasteiger partial charge on any atom is 0.211 e. The Hall–Kier alpha value is -2.80. The number of rotatable bonds is 6. The van der Waals surface area contributed by atoms with E-state index in [0.717, 1.165) is 22.1 Å². The molecule has 4 rings (SSSR count). The van der Waals surface area contributed by atoms with Crippen LogP contribution in [0.5, 0.6) is 0 Å². The minimum absolute atomic E-state index is 0.0128. The fourth-order valence-corrected chi connectivity index (χ4v) is 3.75. The molecule has 2 aromatic carbocycles. The first-order valence-corrected chi connectivity index (χ1v) is 9.61. The number of fused-ring (bicyclic) bond motifs is 3. The summed E-state index contributed by atoms with van der Waals surface area (Å²) >= 11 is 1.48. The van der Waals surface area contributed by atoms with Crippen LogP contribution in [0.1, 0.15) is 23.2 Å². The molecule has 27 heavy (non-hydrogen) atoms. The molecular weight excluding hydrogens is 363 g/mol. The number of hydrogen-bond acceptors (Lipinski definition) is 5. The van der Waals surface area contributed by atoms with Crippen molar-refractivity contribution in [3.05, 3.63) is 59.9 Å². The number of aromatic nitrogens is 4. The number of carbonyl (C=O) groups excluding carboxylic acids is 1. The van der Waals surface area contributed by atoms with Crippen LogP contribution in [0.2, 0.25) is 0 Å². The topological polar surface area (TPSA) is 60.7 Å². The summed E-state index contributed by atoms with van der Waals surface area (Å²) in [7, 11) is 1.97. The van der Waals surface area contributed by atoms with E-state index in [1.54, 1.807) is 0 Å². The zero-order valence-corrected chi connectivity index (χ0v) is 15.5. The molecule has 5 nitrogen and oxygen atoms in total. The second-order valence-corrected chi connectivity index (χ2v) is 7.29. The number of ketones is 1. The van der Waals surface area contributed by atoms with Crippen molar-refractivity contribution < 1.29 is 9.18 Å². The number of para-hydroxylation sites is 1. The standard InChI is InChI=1S/C20H17FN4OS/c1-25-16-6-3-2-5-15(16)18-19(25)22-20(24-23-18)27-12-4-7-17(26)13-8-10-14(21)11-9-13/h2-3,5-6,8-11H,4,7,12H2,1H3. The van der Waals surface area contributed by atoms with Crippen LogP contribution >= 0.6 is 11.8 Å². The lowest BCUT2D eigenvalue weighted by molar-refractivity contribution is 0.0982. The number of thioether (sulfide) groups is 1. The third-order valence-corrected chi connectivity index (χ3v) is 5.36. The van der Waals surface area contributed by atoms with Crippen molar-refractivity contribution in [3.8, 4) is 0 Å². The van der Waals surface area contributed by atoms with Gasteiger partial charge in [0.15, 0.2) is 11.4 Å². The highest BCUT2D eigenvalue weighted by Gasteiger charge is 2.12. The lowest BCUT2D eigenvalue weighted by Crippen LogP contribution is -2.00. The van der Waals surface area contributed by atoms with Gasteiger partial charge in [0, 0.05) is 30.2 Å². The number of halogens is 1. The van der Waals surface area contributed by atoms with Gasteiger partial charge in [-0.1, -0.05) is 30.0 Å². The van der Waals surface area contributed by atoms with Gasteiger partial charge in [-0.05, 0) is 36.8 Å². The molecule has 0 radical (unpaired) electrons. The lowest BCUT2D eigenvalue weighted by atomic mass is 10.1. The van der Waals surface area contributed by atoms with Crippen LogP contribution in [-0.4, -0.2) is 31.3 Å². The molecule has 136 valence electrons. The monoisotopic (exact) mass is 380 g/mol. The highest BCUT2D eigenvalue weighted by Crippen LogP contribution is 2.26. The Kier molecular flexibility index (Phi) is 4.85. The van der Waals surface area contributed by atoms with E-state index in [2.05, 4.69) is 15.2 Å². The molecule has 0 saturated heterocycles. The zero-order chi connectivity index (χ0) is 18.8. The van der Waals surface area contributed by atoms with Crippen LogP contribution < -0.4 is 0 Å². The number of benzene rings is 2. The van der Waals surface area contributed by atoms with Crippen LogP contribution in [0.15, 0.2) is 53.7 Å². The summed E-state index contributed by atoms with van der Waals surface area (Å²) < 4.78 is 14.9. The number of hydrogen-bond donors (Lipinski definition) is 0. The average Bonchev–Trinajstić information content (AvgIpc) is 2.98. The Balaban J connectivity index is 1.40. The van der Waals surface area contributed by atoms with Gasteiger partial charge in [-0.2, -0.15) is 0 Å². The summed E-state index contributed by atoms with van der Waals surface area (Å²) in [6, 6.07) is 13.7. The van der Waals surface area contributed by atoms with Crippen molar-refractivity contribution in [2.75, 3.05) is 5.75 Å². The Morgan fingerprint density at radius 3 is 2.70 bits per heavy atom. The van der Waals surface area contributed by atoms with E-state index < -0.39 is 0 Å². The first-order chi connectivity index (χ1) is 13.1. The fourth-order valence-electron chi connectivity index (χ4n) is 3.03. The van der Waals surface area contributed by atoms with Gasteiger partial charge < -0.3 is 4.57 Å². The van der Waals surface area contributed by atoms with Gasteiger partial charge >= 0.3 is 0 Å². The maximum absolute atomic E-state index is 12.9. The molecule has 0 aliphatic heterocycles. The number of aryl methyl sites for hydroxylation is 1. The molecule has 0 aliphatic carbocycles. The lowest BCUT2D eigenvalue weighted by Gasteiger charge is -2.02. The Labute approximate surface area is 159 Å². The summed E-state index contributed by atoms with van der Waals surface area (Å²) in [4.78, 5) is 16.7. The number of nitrogens with zero attached hydrogens (tertiary/aromatic N) is 4. The summed E-state index contributed by atoms with van der Waals surface area (Å²) in [5, 5.41) is 10.2. The third-order valence-electron chi connectivity index (χ3n) is 4.43. The van der Waals surface area contributed by atoms with Crippen molar-refractivity contribution in [2.45, 2.75) is 18.0 Å². The molecule has 0 aliphatic rings. The fraction of sp³-hybridized carbons (Fsp3) is 0.200. The summed E-state index contributed by atoms with van der Waals surface area (Å²) in [5.74, 6) is 0.388. The molecule has 4 aromatic rings. The van der Waals surface area contributed by atoms with E-state index in [4.69, 9.17) is 0 Å². The second kappa shape index (κ2) is 7.44. The number of Topliss-reactive ketones (excluding diaryl/α,β-unsaturated/α-hetero) is 1. The Morgan fingerprint density at radius 2 is 1.89 bits per heavy atom. The molecule has 0 N–H and O–H groups in total. The maximum atomic E-state index is 12.9. The van der Waals surface area contributed by atoms with Crippen molar-refractivity contribution in [1.29, 1.82) is 0 Å². The Bertz CT molecular complexity index is 1120. The Morgan fingerprint density at radius 1 is 1.11 bits per heavy atom. The smallest absolute Gasteiger partial charge is 0.211 e. The van der Waals surface area contributed by atoms with Crippen molar-refractivity contribution >= 4 is 39.6 Å². The summed E-state index contributed by atoms with van der Waals surface area (Å²) in [6.45, 7) is 0. The van der Waals surface area contributed by atoms with Gasteiger partial charge in [-0.25, -0.2) is 9.37 Å². The predicted octanol–water partition coefficient (Wildman–Crippen LogP) is 4.41. The summed E-state index contributed by atoms with van der Waals surface area (Å²) in [5.41, 5.74) is 3.21. The van der Waals surface area contributed by atoms with Crippen LogP contribution in [-0.2, 0) is 7.05 Å². The normalized spacial score (nSPS) is 11.3. The van der Waals surface area contributed by atoms with Gasteiger partial charge in [-0.15, -0.1) is 10.2 Å². The highest BCUT2D eigenvalue weighted by molar-refractivity contribution is 7.99. The molecule has 7 heteroatoms. The van der Waals surface area contributed by atoms with E-state index in [0.29, 0.717) is 29.3 Å². The first kappa shape index (κ1) is 17.6. The predicted molar refractivity (Wildman–Crippen MR) is 104 cm³/mol. The second-order valence-electron chi connectivity index (χ2n) is 6.22. The SMILES string of the molecule is Cn1c2ccccc2c2nnc(SCCCC(=O)c3ccc(F)cc3)nc21. The highest BCUT2D eigenvalue weighted by atomic mass is 32.2. The van der Waals surface area contributed by atoms with E-state index in [9.17, 15) is 9.18 Å². The van der Waals surface area contributed by atoms with Gasteiger partial charge in [0.1, 0.15) is 11.3 Å². The first-order valence-electron chi connectivity index (χ1n) is 8.63. The van der Waals surface area contributed by atoms with Crippen LogP contribution in [0, 0.1) is 5.82 Å². The summed E-state index contributed by atoms with van der Waals surface area (Å²) in [6.07, 6.45) is 1.10. The van der Waals surface area contributed by atoms with Gasteiger partial charge in [0.05, 0.1) is 5.52 Å². The molecule has 0 amide bonds. The molecule has 0 fully saturated rings. The molecule has 2 aromatic heterocycles. The molecule has 0 saturated carbocycles. The molecular formula is C20H17FN4OS. The van der Waals surface area contributed by atoms with Crippen LogP contribution in [0.25, 0.3) is 22.1 Å². The van der Waals surface area contributed by atoms with Crippen LogP contribution in [0.4, 0.5) is 4.39 Å². The van der Waals surface area contributed by atoms with Crippen molar-refractivity contribution in [3.63, 3.8) is 0 Å². The van der Waals surface area contributed by atoms with Gasteiger partial charge in [-0.3, -0.25) is 4.79 Å². The average molecular weight is 380 g/mol. The molecule has 0 unspecified atom stereocenters. The molecule has 0 atom stereocenters. The molecule has 0 spiro atoms. The quantitative estimate of drug-likeness (QED) is 0.282. The minimum Gasteiger partial charge on any atom is -0.327 e. The van der Waals surface area contributed by atoms with Crippen molar-refractivity contribution in [1.82, 2.24) is 19.7 Å². The van der Waals surface area contributed by atoms with E-state index >= 15 is 0 Å². The largest absolute Gasteiger partial charge is 0.327 e. The molecule has 0 bridgehead atoms. The van der Waals surface area contributed by atoms with E-state index in [1.165, 1.54) is 36.0 Å². The van der Waals surface area contributed by atoms with Crippen LogP contribution in [0.3, 0.4) is 0 Å². The van der Waals surface area contributed by atoms with Gasteiger partial charge in [0.2, 0.25) is 5.16 Å². The van der Waals surface area contributed by atoms with E-state index in [1.807, 2.05) is 35.9 Å². The minimum atomic E-state index is -0.338.